The molecule has 0 bridgehead atoms. The van der Waals surface area contributed by atoms with Crippen LogP contribution in [0.2, 0.25) is 5.02 Å². The highest BCUT2D eigenvalue weighted by Crippen LogP contribution is 2.20. The molecule has 19 heavy (non-hydrogen) atoms. The van der Waals surface area contributed by atoms with Gasteiger partial charge in [0.1, 0.15) is 0 Å². The topological polar surface area (TPSA) is 41.6 Å². The molecular weight excluding hydrogens is 258 g/mol. The molecule has 0 aromatic heterocycles. The normalized spacial score (nSPS) is 11.4. The summed E-state index contributed by atoms with van der Waals surface area (Å²) in [7, 11) is 1.90. The number of rotatable bonds is 3. The van der Waals surface area contributed by atoms with Gasteiger partial charge in [-0.3, -0.25) is 5.01 Å². The van der Waals surface area contributed by atoms with Gasteiger partial charge in [0, 0.05) is 23.3 Å². The van der Waals surface area contributed by atoms with Crippen molar-refractivity contribution in [1.29, 1.82) is 0 Å². The van der Waals surface area contributed by atoms with Crippen molar-refractivity contribution in [2.24, 2.45) is 5.10 Å². The molecule has 0 saturated heterocycles. The first kappa shape index (κ1) is 13.4. The number of para-hydroxylation sites is 1. The fourth-order valence-corrected chi connectivity index (χ4v) is 1.99. The van der Waals surface area contributed by atoms with Gasteiger partial charge in [0.25, 0.3) is 0 Å². The number of halogens is 1. The summed E-state index contributed by atoms with van der Waals surface area (Å²) in [5.74, 6) is 0. The quantitative estimate of drug-likeness (QED) is 0.525. The van der Waals surface area contributed by atoms with E-state index in [0.717, 1.165) is 17.0 Å². The summed E-state index contributed by atoms with van der Waals surface area (Å²) in [5, 5.41) is 7.00. The van der Waals surface area contributed by atoms with Crippen LogP contribution in [0.25, 0.3) is 0 Å². The van der Waals surface area contributed by atoms with E-state index in [4.69, 9.17) is 17.3 Å². The third kappa shape index (κ3) is 3.26. The van der Waals surface area contributed by atoms with Gasteiger partial charge in [-0.1, -0.05) is 29.8 Å². The lowest BCUT2D eigenvalue weighted by atomic mass is 10.1. The van der Waals surface area contributed by atoms with Crippen LogP contribution in [0.3, 0.4) is 0 Å². The maximum atomic E-state index is 5.99. The first-order chi connectivity index (χ1) is 9.08. The Bertz CT molecular complexity index is 594. The molecule has 0 spiro atoms. The first-order valence-corrected chi connectivity index (χ1v) is 6.35. The minimum Gasteiger partial charge on any atom is -0.398 e. The van der Waals surface area contributed by atoms with E-state index in [0.29, 0.717) is 10.7 Å². The molecule has 0 unspecified atom stereocenters. The summed E-state index contributed by atoms with van der Waals surface area (Å²) in [4.78, 5) is 0. The summed E-state index contributed by atoms with van der Waals surface area (Å²) in [6.45, 7) is 1.92. The molecule has 0 atom stereocenters. The van der Waals surface area contributed by atoms with E-state index in [2.05, 4.69) is 5.10 Å². The standard InChI is InChI=1S/C15H16ClN3/c1-11(14-10-12(16)8-9-15(14)17)18-19(2)13-6-4-3-5-7-13/h3-10H,17H2,1-2H3/b18-11+. The molecule has 4 heteroatoms. The summed E-state index contributed by atoms with van der Waals surface area (Å²) in [6, 6.07) is 15.3. The van der Waals surface area contributed by atoms with Gasteiger partial charge in [-0.2, -0.15) is 5.10 Å². The lowest BCUT2D eigenvalue weighted by Gasteiger charge is -2.15. The molecule has 0 aliphatic heterocycles. The number of hydrogen-bond donors (Lipinski definition) is 1. The summed E-state index contributed by atoms with van der Waals surface area (Å²) in [6.07, 6.45) is 0. The average Bonchev–Trinajstić information content (AvgIpc) is 2.42. The van der Waals surface area contributed by atoms with Crippen LogP contribution >= 0.6 is 11.6 Å². The Labute approximate surface area is 118 Å². The van der Waals surface area contributed by atoms with Crippen molar-refractivity contribution in [2.45, 2.75) is 6.92 Å². The van der Waals surface area contributed by atoms with Crippen LogP contribution in [0.5, 0.6) is 0 Å². The average molecular weight is 274 g/mol. The number of nitrogens with zero attached hydrogens (tertiary/aromatic N) is 2. The zero-order valence-electron chi connectivity index (χ0n) is 11.0. The largest absolute Gasteiger partial charge is 0.398 e. The Morgan fingerprint density at radius 3 is 2.53 bits per heavy atom. The van der Waals surface area contributed by atoms with E-state index < -0.39 is 0 Å². The van der Waals surface area contributed by atoms with Crippen LogP contribution in [0, 0.1) is 0 Å². The van der Waals surface area contributed by atoms with Crippen LogP contribution in [-0.2, 0) is 0 Å². The zero-order chi connectivity index (χ0) is 13.8. The molecule has 0 fully saturated rings. The molecule has 2 rings (SSSR count). The van der Waals surface area contributed by atoms with E-state index in [1.54, 1.807) is 12.1 Å². The molecule has 0 heterocycles. The molecule has 3 nitrogen and oxygen atoms in total. The van der Waals surface area contributed by atoms with Gasteiger partial charge in [0.2, 0.25) is 0 Å². The second-order valence-corrected chi connectivity index (χ2v) is 4.71. The minimum absolute atomic E-state index is 0.654. The van der Waals surface area contributed by atoms with Gasteiger partial charge in [-0.05, 0) is 37.3 Å². The molecule has 0 amide bonds. The van der Waals surface area contributed by atoms with Crippen molar-refractivity contribution >= 4 is 28.7 Å². The summed E-state index contributed by atoms with van der Waals surface area (Å²) in [5.41, 5.74) is 9.32. The number of hydrazone groups is 1. The van der Waals surface area contributed by atoms with E-state index in [1.807, 2.05) is 55.4 Å². The van der Waals surface area contributed by atoms with Crippen molar-refractivity contribution in [1.82, 2.24) is 0 Å². The summed E-state index contributed by atoms with van der Waals surface area (Å²) < 4.78 is 0. The summed E-state index contributed by atoms with van der Waals surface area (Å²) >= 11 is 5.99. The number of nitrogens with two attached hydrogens (primary N) is 1. The van der Waals surface area contributed by atoms with Crippen molar-refractivity contribution in [3.8, 4) is 0 Å². The third-order valence-electron chi connectivity index (χ3n) is 2.83. The SMILES string of the molecule is C/C(=N\N(C)c1ccccc1)c1cc(Cl)ccc1N. The second-order valence-electron chi connectivity index (χ2n) is 4.28. The van der Waals surface area contributed by atoms with Gasteiger partial charge in [0.15, 0.2) is 0 Å². The van der Waals surface area contributed by atoms with Crippen LogP contribution in [0.1, 0.15) is 12.5 Å². The number of anilines is 2. The highest BCUT2D eigenvalue weighted by Gasteiger charge is 2.06. The zero-order valence-corrected chi connectivity index (χ0v) is 11.7. The van der Waals surface area contributed by atoms with Gasteiger partial charge in [-0.15, -0.1) is 0 Å². The molecule has 2 aromatic rings. The van der Waals surface area contributed by atoms with Crippen molar-refractivity contribution in [3.05, 3.63) is 59.1 Å². The Morgan fingerprint density at radius 2 is 1.84 bits per heavy atom. The monoisotopic (exact) mass is 273 g/mol. The Hall–Kier alpha value is -2.00. The highest BCUT2D eigenvalue weighted by atomic mass is 35.5. The third-order valence-corrected chi connectivity index (χ3v) is 3.07. The molecule has 0 aliphatic carbocycles. The number of nitrogen functional groups attached to an aromatic ring is 1. The molecule has 2 aromatic carbocycles. The Balaban J connectivity index is 2.30. The van der Waals surface area contributed by atoms with Crippen LogP contribution in [0.4, 0.5) is 11.4 Å². The van der Waals surface area contributed by atoms with Crippen LogP contribution < -0.4 is 10.7 Å². The fraction of sp³-hybridized carbons (Fsp3) is 0.133. The van der Waals surface area contributed by atoms with Gasteiger partial charge >= 0.3 is 0 Å². The Morgan fingerprint density at radius 1 is 1.16 bits per heavy atom. The van der Waals surface area contributed by atoms with Crippen molar-refractivity contribution in [2.75, 3.05) is 17.8 Å². The van der Waals surface area contributed by atoms with Crippen molar-refractivity contribution < 1.29 is 0 Å². The smallest absolute Gasteiger partial charge is 0.0672 e. The predicted molar refractivity (Wildman–Crippen MR) is 82.9 cm³/mol. The van der Waals surface area contributed by atoms with E-state index in [9.17, 15) is 0 Å². The van der Waals surface area contributed by atoms with Gasteiger partial charge in [-0.25, -0.2) is 0 Å². The molecule has 0 radical (unpaired) electrons. The molecule has 98 valence electrons. The lowest BCUT2D eigenvalue weighted by Crippen LogP contribution is -2.13. The Kier molecular flexibility index (Phi) is 4.07. The molecular formula is C15H16ClN3. The molecule has 0 saturated carbocycles. The lowest BCUT2D eigenvalue weighted by molar-refractivity contribution is 1.01. The van der Waals surface area contributed by atoms with Crippen LogP contribution in [0.15, 0.2) is 53.6 Å². The van der Waals surface area contributed by atoms with E-state index in [1.165, 1.54) is 0 Å². The fourth-order valence-electron chi connectivity index (χ4n) is 1.82. The molecule has 0 aliphatic rings. The minimum atomic E-state index is 0.654. The van der Waals surface area contributed by atoms with E-state index >= 15 is 0 Å². The maximum Gasteiger partial charge on any atom is 0.0672 e. The number of benzene rings is 2. The second kappa shape index (κ2) is 5.76. The molecule has 2 N–H and O–H groups in total. The first-order valence-electron chi connectivity index (χ1n) is 5.97. The number of hydrogen-bond acceptors (Lipinski definition) is 3. The van der Waals surface area contributed by atoms with Gasteiger partial charge < -0.3 is 5.73 Å². The van der Waals surface area contributed by atoms with Gasteiger partial charge in [0.05, 0.1) is 11.4 Å². The van der Waals surface area contributed by atoms with Crippen LogP contribution in [-0.4, -0.2) is 12.8 Å². The van der Waals surface area contributed by atoms with Crippen molar-refractivity contribution in [3.63, 3.8) is 0 Å². The predicted octanol–water partition coefficient (Wildman–Crippen LogP) is 3.78. The van der Waals surface area contributed by atoms with E-state index in [-0.39, 0.29) is 0 Å². The maximum absolute atomic E-state index is 5.99. The highest BCUT2D eigenvalue weighted by molar-refractivity contribution is 6.31.